The number of sulfone groups is 1. The van der Waals surface area contributed by atoms with Gasteiger partial charge in [0.05, 0.1) is 16.2 Å². The molecule has 2 aromatic carbocycles. The number of aromatic amines is 1. The number of rotatable bonds is 2. The van der Waals surface area contributed by atoms with E-state index in [1.54, 1.807) is 17.0 Å². The van der Waals surface area contributed by atoms with E-state index in [1.165, 1.54) is 0 Å². The van der Waals surface area contributed by atoms with Crippen LogP contribution in [0.15, 0.2) is 53.4 Å². The van der Waals surface area contributed by atoms with Crippen molar-refractivity contribution in [2.24, 2.45) is 5.92 Å². The van der Waals surface area contributed by atoms with Gasteiger partial charge in [0, 0.05) is 29.6 Å². The van der Waals surface area contributed by atoms with Gasteiger partial charge in [0.2, 0.25) is 5.91 Å². The van der Waals surface area contributed by atoms with Crippen LogP contribution >= 0.6 is 0 Å². The van der Waals surface area contributed by atoms with Gasteiger partial charge in [-0.2, -0.15) is 0 Å². The predicted molar refractivity (Wildman–Crippen MR) is 112 cm³/mol. The molecule has 0 aliphatic carbocycles. The van der Waals surface area contributed by atoms with Gasteiger partial charge in [-0.05, 0) is 43.0 Å². The molecule has 5 nitrogen and oxygen atoms in total. The highest BCUT2D eigenvalue weighted by Gasteiger charge is 2.50. The number of hydrogen-bond acceptors (Lipinski definition) is 3. The molecule has 5 rings (SSSR count). The Hall–Kier alpha value is -2.60. The van der Waals surface area contributed by atoms with E-state index >= 15 is 0 Å². The maximum Gasteiger partial charge on any atom is 0.223 e. The molecule has 3 heterocycles. The Balaban J connectivity index is 1.70. The number of carbonyl (C=O) groups is 1. The lowest BCUT2D eigenvalue weighted by atomic mass is 9.85. The molecule has 0 bridgehead atoms. The van der Waals surface area contributed by atoms with Crippen molar-refractivity contribution in [2.45, 2.75) is 42.9 Å². The third-order valence-electron chi connectivity index (χ3n) is 6.48. The van der Waals surface area contributed by atoms with E-state index in [2.05, 4.69) is 11.1 Å². The summed E-state index contributed by atoms with van der Waals surface area (Å²) >= 11 is 0. The van der Waals surface area contributed by atoms with Crippen LogP contribution < -0.4 is 0 Å². The van der Waals surface area contributed by atoms with Crippen LogP contribution in [0.25, 0.3) is 10.9 Å². The number of benzene rings is 2. The van der Waals surface area contributed by atoms with Crippen molar-refractivity contribution in [1.29, 1.82) is 0 Å². The Bertz CT molecular complexity index is 1210. The number of nitrogens with zero attached hydrogens (tertiary/aromatic N) is 1. The minimum atomic E-state index is -3.62. The fourth-order valence-corrected chi connectivity index (χ4v) is 7.23. The summed E-state index contributed by atoms with van der Waals surface area (Å²) in [6.07, 6.45) is 1.01. The Morgan fingerprint density at radius 1 is 1.07 bits per heavy atom. The van der Waals surface area contributed by atoms with Crippen molar-refractivity contribution in [1.82, 2.24) is 9.88 Å². The monoisotopic (exact) mass is 408 g/mol. The SMILES string of the molecule is Cc1ccc(S(=O)(=O)[C@@H]2[C@@H](C)CC(=O)N3CCc4c([nH]c5ccccc45)[C@@H]23)cc1. The molecule has 0 radical (unpaired) electrons. The van der Waals surface area contributed by atoms with Crippen LogP contribution in [0.3, 0.4) is 0 Å². The number of H-pyrrole nitrogens is 1. The Morgan fingerprint density at radius 2 is 1.79 bits per heavy atom. The van der Waals surface area contributed by atoms with E-state index in [4.69, 9.17) is 0 Å². The molecule has 2 aliphatic rings. The van der Waals surface area contributed by atoms with Crippen LogP contribution in [-0.4, -0.2) is 36.0 Å². The largest absolute Gasteiger partial charge is 0.356 e. The van der Waals surface area contributed by atoms with Crippen LogP contribution in [0.4, 0.5) is 0 Å². The summed E-state index contributed by atoms with van der Waals surface area (Å²) < 4.78 is 27.5. The second kappa shape index (κ2) is 6.46. The first-order valence-corrected chi connectivity index (χ1v) is 11.6. The van der Waals surface area contributed by atoms with Gasteiger partial charge in [-0.15, -0.1) is 0 Å². The van der Waals surface area contributed by atoms with Crippen molar-refractivity contribution in [3.63, 3.8) is 0 Å². The second-order valence-corrected chi connectivity index (χ2v) is 10.5. The lowest BCUT2D eigenvalue weighted by Crippen LogP contribution is -2.54. The average Bonchev–Trinajstić information content (AvgIpc) is 3.07. The van der Waals surface area contributed by atoms with E-state index in [9.17, 15) is 13.2 Å². The summed E-state index contributed by atoms with van der Waals surface area (Å²) in [5.74, 6) is -0.213. The molecular weight excluding hydrogens is 384 g/mol. The number of para-hydroxylation sites is 1. The maximum absolute atomic E-state index is 13.7. The van der Waals surface area contributed by atoms with E-state index in [0.29, 0.717) is 11.4 Å². The molecule has 1 fully saturated rings. The molecule has 0 saturated carbocycles. The number of aromatic nitrogens is 1. The first-order chi connectivity index (χ1) is 13.9. The minimum absolute atomic E-state index is 0.0437. The molecule has 1 amide bonds. The number of amides is 1. The molecule has 0 spiro atoms. The normalized spacial score (nSPS) is 24.4. The van der Waals surface area contributed by atoms with Gasteiger partial charge in [-0.3, -0.25) is 4.79 Å². The number of fused-ring (bicyclic) bond motifs is 5. The average molecular weight is 409 g/mol. The van der Waals surface area contributed by atoms with Gasteiger partial charge in [0.25, 0.3) is 0 Å². The summed E-state index contributed by atoms with van der Waals surface area (Å²) in [5.41, 5.74) is 4.05. The van der Waals surface area contributed by atoms with E-state index < -0.39 is 21.1 Å². The van der Waals surface area contributed by atoms with Crippen molar-refractivity contribution in [3.8, 4) is 0 Å². The molecule has 3 atom stereocenters. The minimum Gasteiger partial charge on any atom is -0.356 e. The van der Waals surface area contributed by atoms with Gasteiger partial charge in [-0.1, -0.05) is 42.8 Å². The number of aryl methyl sites for hydroxylation is 1. The van der Waals surface area contributed by atoms with Crippen molar-refractivity contribution in [3.05, 3.63) is 65.4 Å². The van der Waals surface area contributed by atoms with Crippen molar-refractivity contribution in [2.75, 3.05) is 6.54 Å². The van der Waals surface area contributed by atoms with Gasteiger partial charge in [0.15, 0.2) is 9.84 Å². The first-order valence-electron chi connectivity index (χ1n) is 10.1. The molecule has 1 saturated heterocycles. The summed E-state index contributed by atoms with van der Waals surface area (Å²) in [7, 11) is -3.62. The zero-order valence-electron chi connectivity index (χ0n) is 16.6. The van der Waals surface area contributed by atoms with E-state index in [1.807, 2.05) is 44.2 Å². The summed E-state index contributed by atoms with van der Waals surface area (Å²) in [5, 5.41) is 0.453. The molecule has 6 heteroatoms. The van der Waals surface area contributed by atoms with Crippen LogP contribution in [0.5, 0.6) is 0 Å². The molecule has 150 valence electrons. The number of hydrogen-bond donors (Lipinski definition) is 1. The molecule has 29 heavy (non-hydrogen) atoms. The molecule has 1 aromatic heterocycles. The Labute approximate surface area is 170 Å². The highest BCUT2D eigenvalue weighted by molar-refractivity contribution is 7.92. The first kappa shape index (κ1) is 18.4. The molecule has 2 aliphatic heterocycles. The molecule has 3 aromatic rings. The molecule has 0 unspecified atom stereocenters. The Kier molecular flexibility index (Phi) is 4.10. The van der Waals surface area contributed by atoms with Crippen LogP contribution in [0.1, 0.15) is 36.2 Å². The second-order valence-electron chi connectivity index (χ2n) is 8.35. The topological polar surface area (TPSA) is 70.2 Å². The lowest BCUT2D eigenvalue weighted by molar-refractivity contribution is -0.138. The maximum atomic E-state index is 13.7. The number of nitrogens with one attached hydrogen (secondary N) is 1. The molecule has 1 N–H and O–H groups in total. The summed E-state index contributed by atoms with van der Waals surface area (Å²) in [6, 6.07) is 14.6. The third-order valence-corrected chi connectivity index (χ3v) is 8.85. The fraction of sp³-hybridized carbons (Fsp3) is 0.348. The van der Waals surface area contributed by atoms with Gasteiger partial charge < -0.3 is 9.88 Å². The smallest absolute Gasteiger partial charge is 0.223 e. The van der Waals surface area contributed by atoms with Crippen molar-refractivity contribution < 1.29 is 13.2 Å². The highest BCUT2D eigenvalue weighted by Crippen LogP contribution is 2.45. The Morgan fingerprint density at radius 3 is 2.55 bits per heavy atom. The quantitative estimate of drug-likeness (QED) is 0.701. The van der Waals surface area contributed by atoms with Gasteiger partial charge in [-0.25, -0.2) is 8.42 Å². The molecular formula is C23H24N2O3S. The lowest BCUT2D eigenvalue weighted by Gasteiger charge is -2.46. The predicted octanol–water partition coefficient (Wildman–Crippen LogP) is 3.78. The van der Waals surface area contributed by atoms with Gasteiger partial charge >= 0.3 is 0 Å². The summed E-state index contributed by atoms with van der Waals surface area (Å²) in [4.78, 5) is 18.4. The van der Waals surface area contributed by atoms with Crippen LogP contribution in [0.2, 0.25) is 0 Å². The summed E-state index contributed by atoms with van der Waals surface area (Å²) in [6.45, 7) is 4.39. The number of piperidine rings is 1. The zero-order chi connectivity index (χ0) is 20.3. The van der Waals surface area contributed by atoms with E-state index in [0.717, 1.165) is 34.1 Å². The third kappa shape index (κ3) is 2.73. The zero-order valence-corrected chi connectivity index (χ0v) is 17.4. The highest BCUT2D eigenvalue weighted by atomic mass is 32.2. The van der Waals surface area contributed by atoms with Crippen LogP contribution in [0, 0.1) is 12.8 Å². The van der Waals surface area contributed by atoms with Gasteiger partial charge in [0.1, 0.15) is 0 Å². The fourth-order valence-electron chi connectivity index (χ4n) is 5.07. The van der Waals surface area contributed by atoms with E-state index in [-0.39, 0.29) is 18.2 Å². The van der Waals surface area contributed by atoms with Crippen molar-refractivity contribution >= 4 is 26.6 Å². The van der Waals surface area contributed by atoms with Crippen LogP contribution in [-0.2, 0) is 21.1 Å². The standard InChI is InChI=1S/C23H24N2O3S/c1-14-7-9-16(10-8-14)29(27,28)23-15(2)13-20(26)25-12-11-18-17-5-3-4-6-19(17)24-21(18)22(23)25/h3-10,15,22-24H,11-13H2,1-2H3/t15-,22-,23+/m0/s1. The number of carbonyl (C=O) groups excluding carboxylic acids is 1.